The molecular formula is C14H20O2. The van der Waals surface area contributed by atoms with E-state index in [0.717, 1.165) is 24.5 Å². The highest BCUT2D eigenvalue weighted by molar-refractivity contribution is 5.39. The standard InChI is InChI=1S/C14H20O2/c1-3-5-8-12-16-14-10-7-6-9-13(14)15-11-4-2/h4,6-7,9-10H,2-3,5,8,11-12H2,1H3. The van der Waals surface area contributed by atoms with Gasteiger partial charge in [-0.05, 0) is 18.6 Å². The Morgan fingerprint density at radius 1 is 1.12 bits per heavy atom. The molecule has 2 nitrogen and oxygen atoms in total. The minimum absolute atomic E-state index is 0.509. The zero-order valence-electron chi connectivity index (χ0n) is 9.95. The molecule has 0 spiro atoms. The van der Waals surface area contributed by atoms with Crippen LogP contribution < -0.4 is 9.47 Å². The van der Waals surface area contributed by atoms with Crippen molar-refractivity contribution in [1.29, 1.82) is 0 Å². The molecule has 0 unspecified atom stereocenters. The molecule has 1 aromatic rings. The van der Waals surface area contributed by atoms with Gasteiger partial charge in [-0.2, -0.15) is 0 Å². The topological polar surface area (TPSA) is 18.5 Å². The first kappa shape index (κ1) is 12.6. The fraction of sp³-hybridized carbons (Fsp3) is 0.429. The molecule has 1 aromatic carbocycles. The molecule has 1 rings (SSSR count). The average molecular weight is 220 g/mol. The summed E-state index contributed by atoms with van der Waals surface area (Å²) in [6.45, 7) is 7.07. The Bertz CT molecular complexity index is 307. The Morgan fingerprint density at radius 3 is 2.44 bits per heavy atom. The van der Waals surface area contributed by atoms with Gasteiger partial charge in [0.2, 0.25) is 0 Å². The van der Waals surface area contributed by atoms with E-state index in [9.17, 15) is 0 Å². The molecule has 0 saturated heterocycles. The maximum atomic E-state index is 5.68. The van der Waals surface area contributed by atoms with Crippen molar-refractivity contribution in [3.63, 3.8) is 0 Å². The van der Waals surface area contributed by atoms with Crippen LogP contribution in [0.25, 0.3) is 0 Å². The van der Waals surface area contributed by atoms with Crippen LogP contribution in [0, 0.1) is 0 Å². The first-order chi connectivity index (χ1) is 7.88. The average Bonchev–Trinajstić information content (AvgIpc) is 2.33. The second-order valence-corrected chi connectivity index (χ2v) is 3.60. The lowest BCUT2D eigenvalue weighted by Gasteiger charge is -2.11. The van der Waals surface area contributed by atoms with Crippen LogP contribution in [-0.4, -0.2) is 13.2 Å². The number of para-hydroxylation sites is 2. The van der Waals surface area contributed by atoms with Crippen LogP contribution in [0.4, 0.5) is 0 Å². The van der Waals surface area contributed by atoms with Crippen molar-refractivity contribution >= 4 is 0 Å². The van der Waals surface area contributed by atoms with Crippen molar-refractivity contribution in [2.75, 3.05) is 13.2 Å². The molecule has 0 aromatic heterocycles. The summed E-state index contributed by atoms with van der Waals surface area (Å²) >= 11 is 0. The van der Waals surface area contributed by atoms with Gasteiger partial charge in [0.05, 0.1) is 6.61 Å². The lowest BCUT2D eigenvalue weighted by molar-refractivity contribution is 0.277. The summed E-state index contributed by atoms with van der Waals surface area (Å²) in [6.07, 6.45) is 5.23. The fourth-order valence-corrected chi connectivity index (χ4v) is 1.37. The maximum Gasteiger partial charge on any atom is 0.161 e. The van der Waals surface area contributed by atoms with Gasteiger partial charge in [-0.1, -0.05) is 44.6 Å². The van der Waals surface area contributed by atoms with E-state index < -0.39 is 0 Å². The molecule has 0 aliphatic heterocycles. The summed E-state index contributed by atoms with van der Waals surface area (Å²) in [5, 5.41) is 0. The van der Waals surface area contributed by atoms with Crippen LogP contribution in [0.3, 0.4) is 0 Å². The van der Waals surface area contributed by atoms with Crippen LogP contribution in [0.2, 0.25) is 0 Å². The van der Waals surface area contributed by atoms with Gasteiger partial charge in [0, 0.05) is 0 Å². The van der Waals surface area contributed by atoms with Crippen LogP contribution in [0.1, 0.15) is 26.2 Å². The Kier molecular flexibility index (Phi) is 6.16. The minimum Gasteiger partial charge on any atom is -0.490 e. The van der Waals surface area contributed by atoms with E-state index in [0.29, 0.717) is 6.61 Å². The summed E-state index contributed by atoms with van der Waals surface area (Å²) in [4.78, 5) is 0. The molecule has 0 bridgehead atoms. The van der Waals surface area contributed by atoms with Gasteiger partial charge < -0.3 is 9.47 Å². The third kappa shape index (κ3) is 4.39. The summed E-state index contributed by atoms with van der Waals surface area (Å²) in [5.74, 6) is 1.61. The Labute approximate surface area is 97.9 Å². The second-order valence-electron chi connectivity index (χ2n) is 3.60. The molecule has 16 heavy (non-hydrogen) atoms. The third-order valence-corrected chi connectivity index (χ3v) is 2.21. The Morgan fingerprint density at radius 2 is 1.81 bits per heavy atom. The van der Waals surface area contributed by atoms with E-state index in [1.165, 1.54) is 12.8 Å². The quantitative estimate of drug-likeness (QED) is 0.490. The predicted octanol–water partition coefficient (Wildman–Crippen LogP) is 3.82. The first-order valence-electron chi connectivity index (χ1n) is 5.84. The van der Waals surface area contributed by atoms with Gasteiger partial charge in [0.1, 0.15) is 6.61 Å². The van der Waals surface area contributed by atoms with E-state index in [-0.39, 0.29) is 0 Å². The molecule has 0 N–H and O–H groups in total. The van der Waals surface area contributed by atoms with Gasteiger partial charge in [0.15, 0.2) is 11.5 Å². The molecule has 0 amide bonds. The van der Waals surface area contributed by atoms with E-state index >= 15 is 0 Å². The predicted molar refractivity (Wildman–Crippen MR) is 67.2 cm³/mol. The summed E-state index contributed by atoms with van der Waals surface area (Å²) in [7, 11) is 0. The van der Waals surface area contributed by atoms with Gasteiger partial charge >= 0.3 is 0 Å². The van der Waals surface area contributed by atoms with Gasteiger partial charge in [-0.25, -0.2) is 0 Å². The number of ether oxygens (including phenoxy) is 2. The lowest BCUT2D eigenvalue weighted by atomic mass is 10.2. The minimum atomic E-state index is 0.509. The van der Waals surface area contributed by atoms with Crippen molar-refractivity contribution in [2.45, 2.75) is 26.2 Å². The maximum absolute atomic E-state index is 5.68. The van der Waals surface area contributed by atoms with Crippen LogP contribution in [0.5, 0.6) is 11.5 Å². The zero-order chi connectivity index (χ0) is 11.6. The SMILES string of the molecule is C=CCOc1ccccc1OCCCCC. The normalized spacial score (nSPS) is 9.81. The second kappa shape index (κ2) is 7.80. The molecule has 0 fully saturated rings. The van der Waals surface area contributed by atoms with E-state index in [1.54, 1.807) is 6.08 Å². The molecule has 2 heteroatoms. The van der Waals surface area contributed by atoms with Gasteiger partial charge in [0.25, 0.3) is 0 Å². The molecule has 0 heterocycles. The third-order valence-electron chi connectivity index (χ3n) is 2.21. The van der Waals surface area contributed by atoms with Crippen molar-refractivity contribution in [3.05, 3.63) is 36.9 Å². The van der Waals surface area contributed by atoms with E-state index in [1.807, 2.05) is 24.3 Å². The number of hydrogen-bond donors (Lipinski definition) is 0. The van der Waals surface area contributed by atoms with Crippen LogP contribution >= 0.6 is 0 Å². The van der Waals surface area contributed by atoms with Gasteiger partial charge in [-0.3, -0.25) is 0 Å². The number of unbranched alkanes of at least 4 members (excludes halogenated alkanes) is 2. The molecule has 0 saturated carbocycles. The monoisotopic (exact) mass is 220 g/mol. The number of benzene rings is 1. The molecular weight excluding hydrogens is 200 g/mol. The molecule has 0 aliphatic carbocycles. The van der Waals surface area contributed by atoms with Crippen molar-refractivity contribution < 1.29 is 9.47 Å². The number of rotatable bonds is 8. The highest BCUT2D eigenvalue weighted by atomic mass is 16.5. The smallest absolute Gasteiger partial charge is 0.161 e. The molecule has 0 aliphatic rings. The van der Waals surface area contributed by atoms with E-state index in [2.05, 4.69) is 13.5 Å². The summed E-state index contributed by atoms with van der Waals surface area (Å²) in [5.41, 5.74) is 0. The summed E-state index contributed by atoms with van der Waals surface area (Å²) in [6, 6.07) is 7.75. The summed E-state index contributed by atoms with van der Waals surface area (Å²) < 4.78 is 11.2. The largest absolute Gasteiger partial charge is 0.490 e. The first-order valence-corrected chi connectivity index (χ1v) is 5.84. The highest BCUT2D eigenvalue weighted by Crippen LogP contribution is 2.26. The van der Waals surface area contributed by atoms with Crippen molar-refractivity contribution in [2.24, 2.45) is 0 Å². The molecule has 88 valence electrons. The Hall–Kier alpha value is -1.44. The van der Waals surface area contributed by atoms with Crippen molar-refractivity contribution in [3.8, 4) is 11.5 Å². The van der Waals surface area contributed by atoms with Crippen LogP contribution in [-0.2, 0) is 0 Å². The fourth-order valence-electron chi connectivity index (χ4n) is 1.37. The lowest BCUT2D eigenvalue weighted by Crippen LogP contribution is -2.00. The van der Waals surface area contributed by atoms with Crippen LogP contribution in [0.15, 0.2) is 36.9 Å². The number of hydrogen-bond acceptors (Lipinski definition) is 2. The van der Waals surface area contributed by atoms with E-state index in [4.69, 9.17) is 9.47 Å². The molecule has 0 atom stereocenters. The van der Waals surface area contributed by atoms with Gasteiger partial charge in [-0.15, -0.1) is 0 Å². The van der Waals surface area contributed by atoms with Crippen molar-refractivity contribution in [1.82, 2.24) is 0 Å². The molecule has 0 radical (unpaired) electrons. The Balaban J connectivity index is 2.46. The zero-order valence-corrected chi connectivity index (χ0v) is 9.95. The highest BCUT2D eigenvalue weighted by Gasteiger charge is 2.02.